The summed E-state index contributed by atoms with van der Waals surface area (Å²) in [6.07, 6.45) is 1.18. The van der Waals surface area contributed by atoms with Crippen LogP contribution in [0.1, 0.15) is 22.3 Å². The Balaban J connectivity index is 2.28. The third-order valence-corrected chi connectivity index (χ3v) is 5.27. The van der Waals surface area contributed by atoms with E-state index in [1.165, 1.54) is 24.4 Å². The number of nitro groups is 1. The summed E-state index contributed by atoms with van der Waals surface area (Å²) < 4.78 is 24.9. The van der Waals surface area contributed by atoms with Gasteiger partial charge < -0.3 is 0 Å². The van der Waals surface area contributed by atoms with Crippen LogP contribution in [0.25, 0.3) is 0 Å². The van der Waals surface area contributed by atoms with Crippen LogP contribution in [0.5, 0.6) is 0 Å². The smallest absolute Gasteiger partial charge is 0.258 e. The van der Waals surface area contributed by atoms with Crippen molar-refractivity contribution in [2.24, 2.45) is 5.10 Å². The molecule has 2 aromatic carbocycles. The number of hydrogen-bond donors (Lipinski definition) is 1. The molecule has 2 rings (SSSR count). The minimum Gasteiger partial charge on any atom is -0.258 e. The van der Waals surface area contributed by atoms with Crippen LogP contribution in [0.15, 0.2) is 40.3 Å². The molecule has 9 heteroatoms. The zero-order valence-electron chi connectivity index (χ0n) is 13.8. The summed E-state index contributed by atoms with van der Waals surface area (Å²) >= 11 is 5.73. The van der Waals surface area contributed by atoms with E-state index in [0.717, 1.165) is 5.56 Å². The molecule has 0 heterocycles. The first-order valence-electron chi connectivity index (χ1n) is 7.18. The molecule has 0 spiro atoms. The van der Waals surface area contributed by atoms with Crippen molar-refractivity contribution in [3.8, 4) is 0 Å². The molecule has 0 atom stereocenters. The summed E-state index contributed by atoms with van der Waals surface area (Å²) in [6.45, 7) is 5.30. The van der Waals surface area contributed by atoms with Gasteiger partial charge in [0.05, 0.1) is 16.0 Å². The summed E-state index contributed by atoms with van der Waals surface area (Å²) in [5, 5.41) is 14.5. The van der Waals surface area contributed by atoms with E-state index >= 15 is 0 Å². The zero-order valence-corrected chi connectivity index (χ0v) is 15.4. The Bertz CT molecular complexity index is 948. The van der Waals surface area contributed by atoms with Gasteiger partial charge in [0.15, 0.2) is 0 Å². The van der Waals surface area contributed by atoms with E-state index in [9.17, 15) is 18.5 Å². The van der Waals surface area contributed by atoms with E-state index < -0.39 is 14.9 Å². The lowest BCUT2D eigenvalue weighted by molar-refractivity contribution is -0.384. The Morgan fingerprint density at radius 3 is 2.32 bits per heavy atom. The summed E-state index contributed by atoms with van der Waals surface area (Å²) in [7, 11) is -3.85. The lowest BCUT2D eigenvalue weighted by Crippen LogP contribution is -2.20. The second-order valence-electron chi connectivity index (χ2n) is 5.55. The Labute approximate surface area is 150 Å². The molecule has 0 radical (unpaired) electrons. The Morgan fingerprint density at radius 2 is 1.76 bits per heavy atom. The number of sulfonamides is 1. The summed E-state index contributed by atoms with van der Waals surface area (Å²) in [5.41, 5.74) is 2.26. The van der Waals surface area contributed by atoms with Gasteiger partial charge in [-0.25, -0.2) is 4.83 Å². The van der Waals surface area contributed by atoms with Crippen molar-refractivity contribution in [1.82, 2.24) is 4.83 Å². The van der Waals surface area contributed by atoms with Crippen LogP contribution in [0.2, 0.25) is 5.02 Å². The number of nitro benzene ring substituents is 1. The van der Waals surface area contributed by atoms with E-state index in [4.69, 9.17) is 11.6 Å². The third-order valence-electron chi connectivity index (χ3n) is 3.43. The van der Waals surface area contributed by atoms with Gasteiger partial charge in [0.1, 0.15) is 5.02 Å². The van der Waals surface area contributed by atoms with Crippen molar-refractivity contribution in [3.63, 3.8) is 0 Å². The molecule has 0 aliphatic carbocycles. The molecule has 0 aliphatic heterocycles. The second-order valence-corrected chi connectivity index (χ2v) is 7.55. The standard InChI is InChI=1S/C16H16ClN3O4S/c1-10-6-11(2)16(12(3)7-10)25(23,24)19-18-9-13-4-5-14(17)15(8-13)20(21)22/h4-9,19H,1-3H3/b18-9+. The fourth-order valence-electron chi connectivity index (χ4n) is 2.56. The van der Waals surface area contributed by atoms with Crippen LogP contribution in [0.3, 0.4) is 0 Å². The summed E-state index contributed by atoms with van der Waals surface area (Å²) in [4.78, 5) is 12.5. The number of halogens is 1. The number of hydrogen-bond acceptors (Lipinski definition) is 5. The molecule has 0 amide bonds. The van der Waals surface area contributed by atoms with Gasteiger partial charge in [-0.15, -0.1) is 0 Å². The van der Waals surface area contributed by atoms with Gasteiger partial charge >= 0.3 is 0 Å². The van der Waals surface area contributed by atoms with Crippen LogP contribution in [0.4, 0.5) is 5.69 Å². The molecular weight excluding hydrogens is 366 g/mol. The average Bonchev–Trinajstić information content (AvgIpc) is 2.47. The lowest BCUT2D eigenvalue weighted by atomic mass is 10.1. The van der Waals surface area contributed by atoms with Gasteiger partial charge in [-0.2, -0.15) is 13.5 Å². The van der Waals surface area contributed by atoms with Crippen molar-refractivity contribution in [3.05, 3.63) is 67.7 Å². The first-order chi connectivity index (χ1) is 11.6. The Morgan fingerprint density at radius 1 is 1.16 bits per heavy atom. The van der Waals surface area contributed by atoms with E-state index in [1.54, 1.807) is 26.0 Å². The molecule has 0 saturated carbocycles. The van der Waals surface area contributed by atoms with Crippen LogP contribution < -0.4 is 4.83 Å². The maximum absolute atomic E-state index is 12.5. The van der Waals surface area contributed by atoms with E-state index in [1.807, 2.05) is 6.92 Å². The summed E-state index contributed by atoms with van der Waals surface area (Å²) in [5.74, 6) is 0. The molecule has 0 unspecified atom stereocenters. The van der Waals surface area contributed by atoms with Gasteiger partial charge in [0.2, 0.25) is 0 Å². The fourth-order valence-corrected chi connectivity index (χ4v) is 3.99. The quantitative estimate of drug-likeness (QED) is 0.486. The molecule has 132 valence electrons. The van der Waals surface area contributed by atoms with Gasteiger partial charge in [0, 0.05) is 11.6 Å². The Kier molecular flexibility index (Phi) is 5.44. The average molecular weight is 382 g/mol. The minimum atomic E-state index is -3.85. The largest absolute Gasteiger partial charge is 0.288 e. The molecule has 0 saturated heterocycles. The van der Waals surface area contributed by atoms with Gasteiger partial charge in [-0.1, -0.05) is 35.4 Å². The monoisotopic (exact) mass is 381 g/mol. The molecule has 0 aliphatic rings. The SMILES string of the molecule is Cc1cc(C)c(S(=O)(=O)N/N=C/c2ccc(Cl)c([N+](=O)[O-])c2)c(C)c1. The fraction of sp³-hybridized carbons (Fsp3) is 0.188. The number of nitrogens with zero attached hydrogens (tertiary/aromatic N) is 2. The Hall–Kier alpha value is -2.45. The number of nitrogens with one attached hydrogen (secondary N) is 1. The van der Waals surface area contributed by atoms with Crippen LogP contribution >= 0.6 is 11.6 Å². The normalized spacial score (nSPS) is 11.7. The van der Waals surface area contributed by atoms with E-state index in [-0.39, 0.29) is 15.6 Å². The molecule has 2 aromatic rings. The van der Waals surface area contributed by atoms with Crippen molar-refractivity contribution in [1.29, 1.82) is 0 Å². The first kappa shape index (κ1) is 18.9. The van der Waals surface area contributed by atoms with Gasteiger partial charge in [-0.05, 0) is 38.0 Å². The second kappa shape index (κ2) is 7.20. The van der Waals surface area contributed by atoms with Crippen LogP contribution in [-0.2, 0) is 10.0 Å². The predicted octanol–water partition coefficient (Wildman–Crippen LogP) is 3.49. The zero-order chi connectivity index (χ0) is 18.8. The highest BCUT2D eigenvalue weighted by atomic mass is 35.5. The highest BCUT2D eigenvalue weighted by Crippen LogP contribution is 2.24. The van der Waals surface area contributed by atoms with Gasteiger partial charge in [0.25, 0.3) is 15.7 Å². The van der Waals surface area contributed by atoms with Crippen molar-refractivity contribution >= 4 is 33.5 Å². The maximum atomic E-state index is 12.5. The van der Waals surface area contributed by atoms with Crippen molar-refractivity contribution < 1.29 is 13.3 Å². The van der Waals surface area contributed by atoms with E-state index in [0.29, 0.717) is 16.7 Å². The first-order valence-corrected chi connectivity index (χ1v) is 9.04. The molecule has 1 N–H and O–H groups in total. The maximum Gasteiger partial charge on any atom is 0.288 e. The van der Waals surface area contributed by atoms with Crippen LogP contribution in [-0.4, -0.2) is 19.6 Å². The molecular formula is C16H16ClN3O4S. The summed E-state index contributed by atoms with van der Waals surface area (Å²) in [6, 6.07) is 7.60. The van der Waals surface area contributed by atoms with Crippen molar-refractivity contribution in [2.45, 2.75) is 25.7 Å². The third kappa shape index (κ3) is 4.34. The van der Waals surface area contributed by atoms with Crippen molar-refractivity contribution in [2.75, 3.05) is 0 Å². The molecule has 0 fully saturated rings. The molecule has 7 nitrogen and oxygen atoms in total. The highest BCUT2D eigenvalue weighted by molar-refractivity contribution is 7.89. The predicted molar refractivity (Wildman–Crippen MR) is 96.7 cm³/mol. The van der Waals surface area contributed by atoms with E-state index in [2.05, 4.69) is 9.93 Å². The minimum absolute atomic E-state index is 0.00589. The number of aryl methyl sites for hydroxylation is 3. The number of hydrazone groups is 1. The molecule has 25 heavy (non-hydrogen) atoms. The molecule has 0 aromatic heterocycles. The van der Waals surface area contributed by atoms with Gasteiger partial charge in [-0.3, -0.25) is 10.1 Å². The lowest BCUT2D eigenvalue weighted by Gasteiger charge is -2.11. The molecule has 0 bridgehead atoms. The number of rotatable bonds is 5. The van der Waals surface area contributed by atoms with Crippen LogP contribution in [0, 0.1) is 30.9 Å². The number of benzene rings is 2. The highest BCUT2D eigenvalue weighted by Gasteiger charge is 2.19. The topological polar surface area (TPSA) is 102 Å².